The van der Waals surface area contributed by atoms with Gasteiger partial charge < -0.3 is 5.32 Å². The van der Waals surface area contributed by atoms with Gasteiger partial charge in [-0.15, -0.1) is 0 Å². The molecule has 1 unspecified atom stereocenters. The molecule has 0 amide bonds. The van der Waals surface area contributed by atoms with E-state index in [4.69, 9.17) is 11.6 Å². The van der Waals surface area contributed by atoms with Crippen LogP contribution in [0.5, 0.6) is 0 Å². The summed E-state index contributed by atoms with van der Waals surface area (Å²) in [6, 6.07) is 0.330. The second kappa shape index (κ2) is 6.70. The Morgan fingerprint density at radius 2 is 1.95 bits per heavy atom. The fourth-order valence-corrected chi connectivity index (χ4v) is 4.08. The van der Waals surface area contributed by atoms with Crippen molar-refractivity contribution >= 4 is 11.6 Å². The Labute approximate surface area is 134 Å². The highest BCUT2D eigenvalue weighted by molar-refractivity contribution is 6.31. The topological polar surface area (TPSA) is 29.9 Å². The predicted octanol–water partition coefficient (Wildman–Crippen LogP) is 4.58. The summed E-state index contributed by atoms with van der Waals surface area (Å²) in [4.78, 5) is 0. The van der Waals surface area contributed by atoms with E-state index < -0.39 is 0 Å². The Bertz CT molecular complexity index is 434. The second-order valence-corrected chi connectivity index (χ2v) is 7.92. The molecule has 0 aromatic carbocycles. The molecular formula is C17H30ClN3. The van der Waals surface area contributed by atoms with E-state index in [1.54, 1.807) is 6.20 Å². The molecule has 120 valence electrons. The molecule has 1 aliphatic carbocycles. The number of nitrogens with one attached hydrogen (secondary N) is 1. The first-order valence-corrected chi connectivity index (χ1v) is 8.63. The molecule has 4 heteroatoms. The summed E-state index contributed by atoms with van der Waals surface area (Å²) in [5, 5.41) is 8.75. The van der Waals surface area contributed by atoms with Crippen LogP contribution in [0.25, 0.3) is 0 Å². The lowest BCUT2D eigenvalue weighted by molar-refractivity contribution is 0.131. The maximum Gasteiger partial charge on any atom is 0.0834 e. The summed E-state index contributed by atoms with van der Waals surface area (Å²) in [5.74, 6) is 1.51. The van der Waals surface area contributed by atoms with Crippen molar-refractivity contribution in [3.8, 4) is 0 Å². The highest BCUT2D eigenvalue weighted by atomic mass is 35.5. The number of halogens is 1. The summed E-state index contributed by atoms with van der Waals surface area (Å²) in [5.41, 5.74) is 1.58. The van der Waals surface area contributed by atoms with Crippen LogP contribution in [0.15, 0.2) is 6.20 Å². The van der Waals surface area contributed by atoms with Crippen molar-refractivity contribution in [1.29, 1.82) is 0 Å². The summed E-state index contributed by atoms with van der Waals surface area (Å²) in [7, 11) is 1.99. The van der Waals surface area contributed by atoms with Crippen molar-refractivity contribution in [2.24, 2.45) is 24.3 Å². The van der Waals surface area contributed by atoms with E-state index in [1.165, 1.54) is 25.7 Å². The SMILES string of the molecule is CCNC(c1c(Cl)cnn1C)C1CCC(C(C)(C)C)CC1. The molecule has 0 aliphatic heterocycles. The van der Waals surface area contributed by atoms with Crippen LogP contribution in [0, 0.1) is 17.3 Å². The van der Waals surface area contributed by atoms with Gasteiger partial charge in [0.1, 0.15) is 0 Å². The average Bonchev–Trinajstić information content (AvgIpc) is 2.75. The average molecular weight is 312 g/mol. The molecule has 21 heavy (non-hydrogen) atoms. The van der Waals surface area contributed by atoms with Crippen LogP contribution in [0.3, 0.4) is 0 Å². The summed E-state index contributed by atoms with van der Waals surface area (Å²) >= 11 is 6.37. The van der Waals surface area contributed by atoms with Crippen molar-refractivity contribution in [3.05, 3.63) is 16.9 Å². The molecule has 1 aromatic heterocycles. The van der Waals surface area contributed by atoms with Crippen LogP contribution in [0.2, 0.25) is 5.02 Å². The number of hydrogen-bond donors (Lipinski definition) is 1. The van der Waals surface area contributed by atoms with Crippen LogP contribution in [0.1, 0.15) is 65.1 Å². The van der Waals surface area contributed by atoms with Gasteiger partial charge in [0.15, 0.2) is 0 Å². The van der Waals surface area contributed by atoms with Gasteiger partial charge in [0.2, 0.25) is 0 Å². The first-order valence-electron chi connectivity index (χ1n) is 8.25. The molecule has 1 saturated carbocycles. The van der Waals surface area contributed by atoms with E-state index >= 15 is 0 Å². The minimum Gasteiger partial charge on any atom is -0.309 e. The van der Waals surface area contributed by atoms with Gasteiger partial charge in [0, 0.05) is 7.05 Å². The Morgan fingerprint density at radius 3 is 2.38 bits per heavy atom. The van der Waals surface area contributed by atoms with E-state index in [0.717, 1.165) is 23.2 Å². The molecule has 1 aromatic rings. The van der Waals surface area contributed by atoms with Gasteiger partial charge in [-0.25, -0.2) is 0 Å². The number of rotatable bonds is 4. The van der Waals surface area contributed by atoms with Crippen molar-refractivity contribution < 1.29 is 0 Å². The van der Waals surface area contributed by atoms with Crippen LogP contribution < -0.4 is 5.32 Å². The van der Waals surface area contributed by atoms with E-state index in [2.05, 4.69) is 38.1 Å². The molecule has 1 fully saturated rings. The number of nitrogens with zero attached hydrogens (tertiary/aromatic N) is 2. The molecule has 0 radical (unpaired) electrons. The normalized spacial score (nSPS) is 25.0. The van der Waals surface area contributed by atoms with Gasteiger partial charge in [0.05, 0.1) is 23.0 Å². The van der Waals surface area contributed by atoms with Gasteiger partial charge in [-0.3, -0.25) is 4.68 Å². The number of aromatic nitrogens is 2. The smallest absolute Gasteiger partial charge is 0.0834 e. The maximum absolute atomic E-state index is 6.37. The van der Waals surface area contributed by atoms with E-state index in [0.29, 0.717) is 17.4 Å². The van der Waals surface area contributed by atoms with E-state index in [-0.39, 0.29) is 0 Å². The maximum atomic E-state index is 6.37. The largest absolute Gasteiger partial charge is 0.309 e. The minimum absolute atomic E-state index is 0.330. The zero-order chi connectivity index (χ0) is 15.6. The van der Waals surface area contributed by atoms with Gasteiger partial charge in [-0.2, -0.15) is 5.10 Å². The van der Waals surface area contributed by atoms with Gasteiger partial charge >= 0.3 is 0 Å². The lowest BCUT2D eigenvalue weighted by atomic mass is 9.68. The molecule has 3 nitrogen and oxygen atoms in total. The van der Waals surface area contributed by atoms with Crippen molar-refractivity contribution in [2.75, 3.05) is 6.54 Å². The zero-order valence-electron chi connectivity index (χ0n) is 14.1. The Morgan fingerprint density at radius 1 is 1.33 bits per heavy atom. The Kier molecular flexibility index (Phi) is 5.37. The summed E-state index contributed by atoms with van der Waals surface area (Å²) in [6.07, 6.45) is 6.97. The molecule has 0 spiro atoms. The summed E-state index contributed by atoms with van der Waals surface area (Å²) in [6.45, 7) is 10.2. The number of hydrogen-bond acceptors (Lipinski definition) is 2. The van der Waals surface area contributed by atoms with E-state index in [9.17, 15) is 0 Å². The second-order valence-electron chi connectivity index (χ2n) is 7.51. The lowest BCUT2D eigenvalue weighted by Gasteiger charge is -2.39. The molecule has 0 bridgehead atoms. The van der Waals surface area contributed by atoms with Gasteiger partial charge in [-0.05, 0) is 49.5 Å². The van der Waals surface area contributed by atoms with Crippen LogP contribution in [0.4, 0.5) is 0 Å². The molecule has 2 rings (SSSR count). The van der Waals surface area contributed by atoms with Crippen molar-refractivity contribution in [1.82, 2.24) is 15.1 Å². The third-order valence-electron chi connectivity index (χ3n) is 5.12. The molecule has 1 heterocycles. The van der Waals surface area contributed by atoms with E-state index in [1.807, 2.05) is 11.7 Å². The highest BCUT2D eigenvalue weighted by Crippen LogP contribution is 2.44. The third-order valence-corrected chi connectivity index (χ3v) is 5.42. The molecule has 0 saturated heterocycles. The Balaban J connectivity index is 2.11. The third kappa shape index (κ3) is 3.81. The first-order chi connectivity index (χ1) is 9.84. The summed E-state index contributed by atoms with van der Waals surface area (Å²) < 4.78 is 1.94. The quantitative estimate of drug-likeness (QED) is 0.882. The lowest BCUT2D eigenvalue weighted by Crippen LogP contribution is -2.34. The highest BCUT2D eigenvalue weighted by Gasteiger charge is 2.34. The molecular weight excluding hydrogens is 282 g/mol. The van der Waals surface area contributed by atoms with Gasteiger partial charge in [-0.1, -0.05) is 39.3 Å². The zero-order valence-corrected chi connectivity index (χ0v) is 14.9. The van der Waals surface area contributed by atoms with Crippen molar-refractivity contribution in [2.45, 2.75) is 59.4 Å². The molecule has 1 atom stereocenters. The fraction of sp³-hybridized carbons (Fsp3) is 0.824. The fourth-order valence-electron chi connectivity index (χ4n) is 3.80. The Hall–Kier alpha value is -0.540. The number of aryl methyl sites for hydroxylation is 1. The first kappa shape index (κ1) is 16.8. The monoisotopic (exact) mass is 311 g/mol. The van der Waals surface area contributed by atoms with Crippen LogP contribution in [-0.4, -0.2) is 16.3 Å². The van der Waals surface area contributed by atoms with Crippen LogP contribution >= 0.6 is 11.6 Å². The molecule has 1 N–H and O–H groups in total. The van der Waals surface area contributed by atoms with Gasteiger partial charge in [0.25, 0.3) is 0 Å². The van der Waals surface area contributed by atoms with Crippen LogP contribution in [-0.2, 0) is 7.05 Å². The predicted molar refractivity (Wildman–Crippen MR) is 89.5 cm³/mol. The minimum atomic E-state index is 0.330. The van der Waals surface area contributed by atoms with Crippen molar-refractivity contribution in [3.63, 3.8) is 0 Å². The standard InChI is InChI=1S/C17H30ClN3/c1-6-19-15(16-14(18)11-20-21(16)5)12-7-9-13(10-8-12)17(2,3)4/h11-13,15,19H,6-10H2,1-5H3. The molecule has 1 aliphatic rings.